The number of para-hydroxylation sites is 1. The van der Waals surface area contributed by atoms with E-state index < -0.39 is 0 Å². The fourth-order valence-corrected chi connectivity index (χ4v) is 0.779. The smallest absolute Gasteiger partial charge is 0.0641 e. The fraction of sp³-hybridized carbons (Fsp3) is 0.250. The van der Waals surface area contributed by atoms with Crippen LogP contribution < -0.4 is 11.2 Å². The first-order chi connectivity index (χ1) is 5.33. The van der Waals surface area contributed by atoms with Crippen molar-refractivity contribution in [3.05, 3.63) is 30.3 Å². The van der Waals surface area contributed by atoms with Crippen LogP contribution in [0.1, 0.15) is 0 Å². The maximum absolute atomic E-state index is 5.38. The molecule has 0 amide bonds. The molecule has 0 spiro atoms. The van der Waals surface area contributed by atoms with Gasteiger partial charge in [0.1, 0.15) is 0 Å². The first-order valence-electron chi connectivity index (χ1n) is 3.56. The molecular weight excluding hydrogens is 138 g/mol. The van der Waals surface area contributed by atoms with Crippen molar-refractivity contribution in [3.8, 4) is 0 Å². The molecule has 3 heteroatoms. The lowest BCUT2D eigenvalue weighted by Crippen LogP contribution is -2.31. The van der Waals surface area contributed by atoms with E-state index >= 15 is 0 Å². The van der Waals surface area contributed by atoms with Gasteiger partial charge in [0.2, 0.25) is 0 Å². The third kappa shape index (κ3) is 2.57. The molecule has 1 rings (SSSR count). The average molecular weight is 151 g/mol. The van der Waals surface area contributed by atoms with Crippen molar-refractivity contribution < 1.29 is 0 Å². The highest BCUT2D eigenvalue weighted by Gasteiger charge is 1.91. The molecule has 3 N–H and O–H groups in total. The largest absolute Gasteiger partial charge is 0.318 e. The van der Waals surface area contributed by atoms with Crippen molar-refractivity contribution in [2.45, 2.75) is 0 Å². The van der Waals surface area contributed by atoms with Crippen molar-refractivity contribution in [3.63, 3.8) is 0 Å². The minimum Gasteiger partial charge on any atom is -0.318 e. The Morgan fingerprint density at radius 2 is 2.00 bits per heavy atom. The molecule has 0 saturated heterocycles. The van der Waals surface area contributed by atoms with Crippen LogP contribution in [-0.2, 0) is 0 Å². The molecule has 1 aromatic rings. The molecular formula is C8H13N3. The fourth-order valence-electron chi connectivity index (χ4n) is 0.779. The van der Waals surface area contributed by atoms with Gasteiger partial charge in [-0.2, -0.15) is 0 Å². The molecule has 1 aromatic carbocycles. The molecule has 0 heterocycles. The van der Waals surface area contributed by atoms with Gasteiger partial charge in [0.15, 0.2) is 0 Å². The van der Waals surface area contributed by atoms with Gasteiger partial charge in [-0.25, -0.2) is 5.01 Å². The molecule has 0 bridgehead atoms. The van der Waals surface area contributed by atoms with E-state index in [0.717, 1.165) is 5.69 Å². The Bertz CT molecular complexity index is 198. The van der Waals surface area contributed by atoms with Crippen LogP contribution in [0.5, 0.6) is 0 Å². The van der Waals surface area contributed by atoms with Gasteiger partial charge >= 0.3 is 0 Å². The summed E-state index contributed by atoms with van der Waals surface area (Å²) in [4.78, 5) is 0. The van der Waals surface area contributed by atoms with Gasteiger partial charge < -0.3 is 11.2 Å². The lowest BCUT2D eigenvalue weighted by atomic mass is 10.3. The Hall–Kier alpha value is -1.06. The van der Waals surface area contributed by atoms with Crippen LogP contribution in [0.4, 0.5) is 5.69 Å². The summed E-state index contributed by atoms with van der Waals surface area (Å²) in [6.45, 7) is 0.495. The Kier molecular flexibility index (Phi) is 2.89. The number of hydrogen-bond acceptors (Lipinski definition) is 3. The number of anilines is 1. The van der Waals surface area contributed by atoms with Crippen molar-refractivity contribution in [2.24, 2.45) is 5.73 Å². The highest BCUT2D eigenvalue weighted by atomic mass is 15.5. The summed E-state index contributed by atoms with van der Waals surface area (Å²) in [6.07, 6.45) is 0. The number of benzene rings is 1. The summed E-state index contributed by atoms with van der Waals surface area (Å²) in [6, 6.07) is 9.92. The maximum Gasteiger partial charge on any atom is 0.0641 e. The standard InChI is InChI=1S/C8H13N3/c1-11(7-9)10-8-5-3-2-4-6-8/h2-6,10H,7,9H2,1H3. The SMILES string of the molecule is CN(CN)Nc1ccccc1. The zero-order valence-electron chi connectivity index (χ0n) is 6.62. The Balaban J connectivity index is 2.51. The second-order valence-corrected chi connectivity index (χ2v) is 2.36. The third-order valence-electron chi connectivity index (χ3n) is 1.37. The molecule has 0 saturated carbocycles. The summed E-state index contributed by atoms with van der Waals surface area (Å²) < 4.78 is 0. The summed E-state index contributed by atoms with van der Waals surface area (Å²) >= 11 is 0. The minimum absolute atomic E-state index is 0.495. The first-order valence-corrected chi connectivity index (χ1v) is 3.56. The van der Waals surface area contributed by atoms with Crippen LogP contribution in [0.15, 0.2) is 30.3 Å². The van der Waals surface area contributed by atoms with E-state index in [1.807, 2.05) is 42.4 Å². The number of hydrogen-bond donors (Lipinski definition) is 2. The normalized spacial score (nSPS) is 10.1. The van der Waals surface area contributed by atoms with Crippen LogP contribution in [0.25, 0.3) is 0 Å². The van der Waals surface area contributed by atoms with E-state index in [1.54, 1.807) is 0 Å². The van der Waals surface area contributed by atoms with Crippen LogP contribution in [0.2, 0.25) is 0 Å². The van der Waals surface area contributed by atoms with E-state index in [9.17, 15) is 0 Å². The molecule has 0 aliphatic carbocycles. The summed E-state index contributed by atoms with van der Waals surface area (Å²) in [7, 11) is 1.90. The molecule has 0 atom stereocenters. The maximum atomic E-state index is 5.38. The van der Waals surface area contributed by atoms with Gasteiger partial charge in [-0.3, -0.25) is 0 Å². The molecule has 11 heavy (non-hydrogen) atoms. The van der Waals surface area contributed by atoms with Gasteiger partial charge in [-0.05, 0) is 12.1 Å². The number of nitrogens with one attached hydrogen (secondary N) is 1. The van der Waals surface area contributed by atoms with Crippen molar-refractivity contribution in [2.75, 3.05) is 19.1 Å². The number of rotatable bonds is 3. The van der Waals surface area contributed by atoms with Gasteiger partial charge in [0, 0.05) is 12.7 Å². The zero-order chi connectivity index (χ0) is 8.10. The predicted molar refractivity (Wildman–Crippen MR) is 46.9 cm³/mol. The topological polar surface area (TPSA) is 41.3 Å². The zero-order valence-corrected chi connectivity index (χ0v) is 6.62. The Labute approximate surface area is 66.8 Å². The van der Waals surface area contributed by atoms with Crippen LogP contribution in [0, 0.1) is 0 Å². The van der Waals surface area contributed by atoms with E-state index in [2.05, 4.69) is 5.43 Å². The molecule has 0 unspecified atom stereocenters. The average Bonchev–Trinajstić information content (AvgIpc) is 2.06. The highest BCUT2D eigenvalue weighted by molar-refractivity contribution is 5.41. The molecule has 0 aromatic heterocycles. The number of hydrazine groups is 1. The first kappa shape index (κ1) is 8.04. The highest BCUT2D eigenvalue weighted by Crippen LogP contribution is 2.04. The van der Waals surface area contributed by atoms with Gasteiger partial charge in [0.05, 0.1) is 6.67 Å². The van der Waals surface area contributed by atoms with E-state index in [1.165, 1.54) is 0 Å². The van der Waals surface area contributed by atoms with E-state index in [0.29, 0.717) is 6.67 Å². The molecule has 0 radical (unpaired) electrons. The van der Waals surface area contributed by atoms with Gasteiger partial charge in [-0.15, -0.1) is 0 Å². The van der Waals surface area contributed by atoms with Gasteiger partial charge in [-0.1, -0.05) is 18.2 Å². The van der Waals surface area contributed by atoms with Crippen molar-refractivity contribution in [1.82, 2.24) is 5.01 Å². The molecule has 3 nitrogen and oxygen atoms in total. The van der Waals surface area contributed by atoms with Crippen LogP contribution >= 0.6 is 0 Å². The molecule has 0 fully saturated rings. The lowest BCUT2D eigenvalue weighted by molar-refractivity contribution is 0.415. The quantitative estimate of drug-likeness (QED) is 0.497. The molecule has 0 aliphatic heterocycles. The second-order valence-electron chi connectivity index (χ2n) is 2.36. The summed E-state index contributed by atoms with van der Waals surface area (Å²) in [5.41, 5.74) is 9.54. The van der Waals surface area contributed by atoms with Crippen molar-refractivity contribution >= 4 is 5.69 Å². The Morgan fingerprint density at radius 1 is 1.36 bits per heavy atom. The van der Waals surface area contributed by atoms with Crippen molar-refractivity contribution in [1.29, 1.82) is 0 Å². The molecule has 0 aliphatic rings. The molecule has 60 valence electrons. The van der Waals surface area contributed by atoms with Crippen LogP contribution in [0.3, 0.4) is 0 Å². The van der Waals surface area contributed by atoms with E-state index in [4.69, 9.17) is 5.73 Å². The number of nitrogens with zero attached hydrogens (tertiary/aromatic N) is 1. The monoisotopic (exact) mass is 151 g/mol. The Morgan fingerprint density at radius 3 is 2.55 bits per heavy atom. The lowest BCUT2D eigenvalue weighted by Gasteiger charge is -2.16. The minimum atomic E-state index is 0.495. The summed E-state index contributed by atoms with van der Waals surface area (Å²) in [5, 5.41) is 1.81. The van der Waals surface area contributed by atoms with Crippen LogP contribution in [-0.4, -0.2) is 18.7 Å². The second kappa shape index (κ2) is 3.95. The van der Waals surface area contributed by atoms with E-state index in [-0.39, 0.29) is 0 Å². The van der Waals surface area contributed by atoms with Gasteiger partial charge in [0.25, 0.3) is 0 Å². The predicted octanol–water partition coefficient (Wildman–Crippen LogP) is 0.861. The number of nitrogens with two attached hydrogens (primary N) is 1. The third-order valence-corrected chi connectivity index (χ3v) is 1.37. The summed E-state index contributed by atoms with van der Waals surface area (Å²) in [5.74, 6) is 0.